The second-order valence-electron chi connectivity index (χ2n) is 8.08. The van der Waals surface area contributed by atoms with E-state index in [1.807, 2.05) is 0 Å². The molecule has 3 atom stereocenters. The van der Waals surface area contributed by atoms with Gasteiger partial charge in [-0.2, -0.15) is 4.31 Å². The summed E-state index contributed by atoms with van der Waals surface area (Å²) in [6.45, 7) is 4.36. The number of carbonyl (C=O) groups is 2. The Morgan fingerprint density at radius 3 is 2.58 bits per heavy atom. The van der Waals surface area contributed by atoms with Crippen LogP contribution < -0.4 is 5.32 Å². The average molecular weight is 457 g/mol. The number of carbonyl (C=O) groups excluding carboxylic acids is 2. The fourth-order valence-electron chi connectivity index (χ4n) is 3.87. The van der Waals surface area contributed by atoms with Crippen LogP contribution in [0.5, 0.6) is 0 Å². The molecule has 0 spiro atoms. The Hall–Kier alpha value is -2.04. The molecule has 172 valence electrons. The first-order valence-electron chi connectivity index (χ1n) is 10.6. The largest absolute Gasteiger partial charge is 0.449 e. The molecule has 10 heteroatoms. The van der Waals surface area contributed by atoms with Gasteiger partial charge < -0.3 is 14.8 Å². The van der Waals surface area contributed by atoms with E-state index in [0.29, 0.717) is 5.92 Å². The van der Waals surface area contributed by atoms with Gasteiger partial charge in [-0.3, -0.25) is 4.79 Å². The summed E-state index contributed by atoms with van der Waals surface area (Å²) >= 11 is 0. The smallest absolute Gasteiger partial charge is 0.341 e. The molecule has 1 heterocycles. The van der Waals surface area contributed by atoms with E-state index in [1.54, 1.807) is 0 Å². The van der Waals surface area contributed by atoms with E-state index in [-0.39, 0.29) is 37.2 Å². The molecule has 0 radical (unpaired) electrons. The quantitative estimate of drug-likeness (QED) is 0.658. The fourth-order valence-corrected chi connectivity index (χ4v) is 5.30. The molecule has 1 amide bonds. The Kier molecular flexibility index (Phi) is 7.66. The lowest BCUT2D eigenvalue weighted by molar-refractivity contribution is -0.130. The lowest BCUT2D eigenvalue weighted by Gasteiger charge is -2.30. The number of ether oxygens (including phenoxy) is 2. The van der Waals surface area contributed by atoms with Crippen molar-refractivity contribution in [1.82, 2.24) is 9.62 Å². The highest BCUT2D eigenvalue weighted by Gasteiger charge is 2.30. The summed E-state index contributed by atoms with van der Waals surface area (Å²) in [5, 5.41) is 2.89. The summed E-state index contributed by atoms with van der Waals surface area (Å²) in [5.41, 5.74) is -0.528. The summed E-state index contributed by atoms with van der Waals surface area (Å²) in [4.78, 5) is 24.8. The van der Waals surface area contributed by atoms with E-state index in [0.717, 1.165) is 43.9 Å². The summed E-state index contributed by atoms with van der Waals surface area (Å²) in [5.74, 6) is -2.12. The van der Waals surface area contributed by atoms with Crippen molar-refractivity contribution in [2.45, 2.75) is 56.6 Å². The van der Waals surface area contributed by atoms with Gasteiger partial charge in [-0.05, 0) is 43.9 Å². The van der Waals surface area contributed by atoms with Gasteiger partial charge in [0.05, 0.1) is 23.7 Å². The van der Waals surface area contributed by atoms with Gasteiger partial charge in [-0.25, -0.2) is 17.6 Å². The Morgan fingerprint density at radius 2 is 1.90 bits per heavy atom. The van der Waals surface area contributed by atoms with Crippen LogP contribution >= 0.6 is 0 Å². The molecule has 1 aromatic rings. The highest BCUT2D eigenvalue weighted by Crippen LogP contribution is 2.24. The summed E-state index contributed by atoms with van der Waals surface area (Å²) in [7, 11) is -3.91. The number of nitrogens with one attached hydrogen (secondary N) is 1. The van der Waals surface area contributed by atoms with E-state index in [4.69, 9.17) is 9.47 Å². The zero-order valence-corrected chi connectivity index (χ0v) is 18.6. The summed E-state index contributed by atoms with van der Waals surface area (Å²) < 4.78 is 51.4. The van der Waals surface area contributed by atoms with Gasteiger partial charge in [-0.1, -0.05) is 19.8 Å². The third-order valence-electron chi connectivity index (χ3n) is 5.86. The number of nitrogens with zero attached hydrogens (tertiary/aromatic N) is 1. The molecule has 1 aromatic carbocycles. The topological polar surface area (TPSA) is 102 Å². The van der Waals surface area contributed by atoms with Gasteiger partial charge in [0.25, 0.3) is 5.91 Å². The molecule has 31 heavy (non-hydrogen) atoms. The fraction of sp³-hybridized carbons (Fsp3) is 0.619. The Balaban J connectivity index is 1.69. The molecule has 3 rings (SSSR count). The minimum Gasteiger partial charge on any atom is -0.449 e. The Labute approximate surface area is 182 Å². The Bertz CT molecular complexity index is 916. The number of hydrogen-bond donors (Lipinski definition) is 1. The van der Waals surface area contributed by atoms with Crippen molar-refractivity contribution < 1.29 is 31.9 Å². The van der Waals surface area contributed by atoms with Crippen molar-refractivity contribution in [1.29, 1.82) is 0 Å². The molecular weight excluding hydrogens is 427 g/mol. The van der Waals surface area contributed by atoms with Crippen LogP contribution in [0.25, 0.3) is 0 Å². The lowest BCUT2D eigenvalue weighted by atomic mass is 9.86. The predicted octanol–water partition coefficient (Wildman–Crippen LogP) is 2.09. The molecule has 1 saturated carbocycles. The van der Waals surface area contributed by atoms with Crippen molar-refractivity contribution >= 4 is 21.9 Å². The lowest BCUT2D eigenvalue weighted by Crippen LogP contribution is -2.46. The number of sulfonamides is 1. The Morgan fingerprint density at radius 1 is 1.23 bits per heavy atom. The molecular formula is C21H29FN2O6S. The number of rotatable bonds is 6. The van der Waals surface area contributed by atoms with Crippen molar-refractivity contribution in [2.24, 2.45) is 5.92 Å². The maximum Gasteiger partial charge on any atom is 0.341 e. The number of halogens is 1. The van der Waals surface area contributed by atoms with Crippen LogP contribution in [-0.2, 0) is 24.3 Å². The zero-order chi connectivity index (χ0) is 22.6. The van der Waals surface area contributed by atoms with Gasteiger partial charge in [0, 0.05) is 19.1 Å². The molecule has 1 aliphatic carbocycles. The van der Waals surface area contributed by atoms with Gasteiger partial charge in [0.2, 0.25) is 10.0 Å². The minimum absolute atomic E-state index is 0.0149. The van der Waals surface area contributed by atoms with E-state index in [2.05, 4.69) is 12.2 Å². The van der Waals surface area contributed by atoms with Gasteiger partial charge in [-0.15, -0.1) is 0 Å². The predicted molar refractivity (Wildman–Crippen MR) is 110 cm³/mol. The third kappa shape index (κ3) is 5.61. The summed E-state index contributed by atoms with van der Waals surface area (Å²) in [6, 6.07) is 2.99. The average Bonchev–Trinajstić information content (AvgIpc) is 2.76. The highest BCUT2D eigenvalue weighted by atomic mass is 32.2. The van der Waals surface area contributed by atoms with Crippen LogP contribution in [0, 0.1) is 11.7 Å². The molecule has 2 fully saturated rings. The van der Waals surface area contributed by atoms with Crippen molar-refractivity contribution in [3.8, 4) is 0 Å². The molecule has 1 saturated heterocycles. The van der Waals surface area contributed by atoms with E-state index >= 15 is 0 Å². The molecule has 0 unspecified atom stereocenters. The molecule has 1 aliphatic heterocycles. The van der Waals surface area contributed by atoms with Crippen LogP contribution in [0.2, 0.25) is 0 Å². The van der Waals surface area contributed by atoms with Crippen molar-refractivity contribution in [2.75, 3.05) is 26.3 Å². The van der Waals surface area contributed by atoms with E-state index in [1.165, 1.54) is 11.2 Å². The first-order valence-corrected chi connectivity index (χ1v) is 12.0. The second kappa shape index (κ2) is 10.1. The van der Waals surface area contributed by atoms with Crippen LogP contribution in [0.15, 0.2) is 23.1 Å². The highest BCUT2D eigenvalue weighted by molar-refractivity contribution is 7.89. The van der Waals surface area contributed by atoms with Crippen LogP contribution in [0.4, 0.5) is 4.39 Å². The van der Waals surface area contributed by atoms with Crippen LogP contribution in [0.1, 0.15) is 49.9 Å². The number of amides is 1. The number of esters is 1. The normalized spacial score (nSPS) is 23.7. The van der Waals surface area contributed by atoms with Crippen LogP contribution in [0.3, 0.4) is 0 Å². The first-order chi connectivity index (χ1) is 14.7. The van der Waals surface area contributed by atoms with E-state index in [9.17, 15) is 22.4 Å². The van der Waals surface area contributed by atoms with Crippen LogP contribution in [-0.4, -0.2) is 63.0 Å². The monoisotopic (exact) mass is 456 g/mol. The van der Waals surface area contributed by atoms with E-state index < -0.39 is 39.4 Å². The molecule has 0 aromatic heterocycles. The van der Waals surface area contributed by atoms with Gasteiger partial charge in [0.15, 0.2) is 6.10 Å². The number of morpholine rings is 1. The first kappa shape index (κ1) is 23.6. The van der Waals surface area contributed by atoms with Crippen molar-refractivity contribution in [3.63, 3.8) is 0 Å². The molecule has 8 nitrogen and oxygen atoms in total. The number of hydrogen-bond acceptors (Lipinski definition) is 6. The maximum atomic E-state index is 14.3. The summed E-state index contributed by atoms with van der Waals surface area (Å²) in [6.07, 6.45) is 2.90. The number of benzene rings is 1. The second-order valence-corrected chi connectivity index (χ2v) is 10.0. The van der Waals surface area contributed by atoms with Crippen molar-refractivity contribution in [3.05, 3.63) is 29.6 Å². The standard InChI is InChI=1S/C21H29FN2O6S/c1-14-5-3-4-6-19(14)23-20(25)15(2)30-21(26)17-13-16(7-8-18(17)22)31(27,28)24-9-11-29-12-10-24/h7-8,13-15,19H,3-6,9-12H2,1-2H3,(H,23,25)/t14-,15+,19+/m0/s1. The third-order valence-corrected chi connectivity index (χ3v) is 7.75. The molecule has 1 N–H and O–H groups in total. The molecule has 2 aliphatic rings. The minimum atomic E-state index is -3.91. The maximum absolute atomic E-state index is 14.3. The van der Waals surface area contributed by atoms with Gasteiger partial charge >= 0.3 is 5.97 Å². The zero-order valence-electron chi connectivity index (χ0n) is 17.8. The molecule has 0 bridgehead atoms. The van der Waals surface area contributed by atoms with Gasteiger partial charge in [0.1, 0.15) is 5.82 Å². The SMILES string of the molecule is C[C@@H](OC(=O)c1cc(S(=O)(=O)N2CCOCC2)ccc1F)C(=O)N[C@@H]1CCCC[C@@H]1C.